The van der Waals surface area contributed by atoms with Crippen LogP contribution in [0.4, 0.5) is 0 Å². The first-order valence-electron chi connectivity index (χ1n) is 6.73. The summed E-state index contributed by atoms with van der Waals surface area (Å²) < 4.78 is 11.3. The van der Waals surface area contributed by atoms with Gasteiger partial charge in [0.05, 0.1) is 12.1 Å². The van der Waals surface area contributed by atoms with Gasteiger partial charge < -0.3 is 14.5 Å². The van der Waals surface area contributed by atoms with Gasteiger partial charge >= 0.3 is 0 Å². The van der Waals surface area contributed by atoms with Gasteiger partial charge in [0.15, 0.2) is 5.58 Å². The summed E-state index contributed by atoms with van der Waals surface area (Å²) >= 11 is 6.16. The molecule has 0 fully saturated rings. The molecule has 3 nitrogen and oxygen atoms in total. The van der Waals surface area contributed by atoms with Crippen molar-refractivity contribution < 1.29 is 9.15 Å². The Kier molecular flexibility index (Phi) is 3.86. The maximum atomic E-state index is 6.16. The van der Waals surface area contributed by atoms with Gasteiger partial charge in [-0.05, 0) is 37.4 Å². The van der Waals surface area contributed by atoms with Gasteiger partial charge in [-0.15, -0.1) is 0 Å². The fourth-order valence-corrected chi connectivity index (χ4v) is 2.65. The number of hydrogen-bond donors (Lipinski definition) is 1. The Balaban J connectivity index is 2.09. The summed E-state index contributed by atoms with van der Waals surface area (Å²) in [6.45, 7) is 0.734. The van der Waals surface area contributed by atoms with Crippen LogP contribution in [0.2, 0.25) is 5.02 Å². The smallest absolute Gasteiger partial charge is 0.153 e. The summed E-state index contributed by atoms with van der Waals surface area (Å²) in [6.07, 6.45) is 0. The molecule has 1 N–H and O–H groups in total. The summed E-state index contributed by atoms with van der Waals surface area (Å²) in [4.78, 5) is 0. The number of hydrogen-bond acceptors (Lipinski definition) is 3. The van der Waals surface area contributed by atoms with Crippen LogP contribution in [0.25, 0.3) is 22.3 Å². The van der Waals surface area contributed by atoms with E-state index in [1.165, 1.54) is 0 Å². The van der Waals surface area contributed by atoms with E-state index in [1.54, 1.807) is 7.11 Å². The average molecular weight is 302 g/mol. The van der Waals surface area contributed by atoms with Gasteiger partial charge in [0, 0.05) is 23.1 Å². The lowest BCUT2D eigenvalue weighted by Crippen LogP contribution is -2.06. The van der Waals surface area contributed by atoms with Crippen LogP contribution in [-0.4, -0.2) is 14.2 Å². The standard InChI is InChI=1S/C17H16ClNO2/c1-19-10-13-8-11(6-7-15(13)20-2)16-9-12-4-3-5-14(18)17(12)21-16/h3-9,19H,10H2,1-2H3. The summed E-state index contributed by atoms with van der Waals surface area (Å²) in [5.74, 6) is 1.67. The first kappa shape index (κ1) is 14.0. The van der Waals surface area contributed by atoms with Crippen LogP contribution in [0, 0.1) is 0 Å². The third-order valence-corrected chi connectivity index (χ3v) is 3.73. The second-order valence-corrected chi connectivity index (χ2v) is 5.23. The molecule has 0 amide bonds. The molecule has 0 unspecified atom stereocenters. The maximum Gasteiger partial charge on any atom is 0.153 e. The Morgan fingerprint density at radius 1 is 1.19 bits per heavy atom. The van der Waals surface area contributed by atoms with Gasteiger partial charge in [0.2, 0.25) is 0 Å². The molecule has 0 bridgehead atoms. The average Bonchev–Trinajstić information content (AvgIpc) is 2.93. The molecule has 0 atom stereocenters. The molecule has 2 aromatic carbocycles. The Morgan fingerprint density at radius 3 is 2.76 bits per heavy atom. The molecule has 0 radical (unpaired) electrons. The SMILES string of the molecule is CNCc1cc(-c2cc3cccc(Cl)c3o2)ccc1OC. The predicted octanol–water partition coefficient (Wildman–Crippen LogP) is 4.48. The Hall–Kier alpha value is -1.97. The lowest BCUT2D eigenvalue weighted by Gasteiger charge is -2.09. The van der Waals surface area contributed by atoms with Crippen LogP contribution < -0.4 is 10.1 Å². The minimum Gasteiger partial charge on any atom is -0.496 e. The molecule has 0 aliphatic heterocycles. The first-order valence-corrected chi connectivity index (χ1v) is 7.10. The van der Waals surface area contributed by atoms with Crippen molar-refractivity contribution in [3.63, 3.8) is 0 Å². The highest BCUT2D eigenvalue weighted by Gasteiger charge is 2.11. The van der Waals surface area contributed by atoms with Crippen molar-refractivity contribution in [3.05, 3.63) is 53.1 Å². The number of halogens is 1. The first-order chi connectivity index (χ1) is 10.2. The molecule has 108 valence electrons. The molecule has 3 aromatic rings. The normalized spacial score (nSPS) is 11.0. The summed E-state index contributed by atoms with van der Waals surface area (Å²) in [7, 11) is 3.59. The van der Waals surface area contributed by atoms with E-state index >= 15 is 0 Å². The maximum absolute atomic E-state index is 6.16. The van der Waals surface area contributed by atoms with Crippen molar-refractivity contribution >= 4 is 22.6 Å². The van der Waals surface area contributed by atoms with E-state index < -0.39 is 0 Å². The fourth-order valence-electron chi connectivity index (χ4n) is 2.43. The molecular weight excluding hydrogens is 286 g/mol. The highest BCUT2D eigenvalue weighted by atomic mass is 35.5. The van der Waals surface area contributed by atoms with Gasteiger partial charge in [-0.1, -0.05) is 23.7 Å². The van der Waals surface area contributed by atoms with Crippen molar-refractivity contribution in [2.45, 2.75) is 6.54 Å². The van der Waals surface area contributed by atoms with E-state index in [0.29, 0.717) is 5.02 Å². The van der Waals surface area contributed by atoms with Gasteiger partial charge in [0.25, 0.3) is 0 Å². The van der Waals surface area contributed by atoms with Crippen LogP contribution in [0.3, 0.4) is 0 Å². The predicted molar refractivity (Wildman–Crippen MR) is 86.0 cm³/mol. The van der Waals surface area contributed by atoms with Gasteiger partial charge in [0.1, 0.15) is 11.5 Å². The zero-order chi connectivity index (χ0) is 14.8. The zero-order valence-corrected chi connectivity index (χ0v) is 12.7. The monoisotopic (exact) mass is 301 g/mol. The summed E-state index contributed by atoms with van der Waals surface area (Å²) in [6, 6.07) is 13.8. The van der Waals surface area contributed by atoms with E-state index in [1.807, 2.05) is 43.4 Å². The molecule has 4 heteroatoms. The fraction of sp³-hybridized carbons (Fsp3) is 0.176. The van der Waals surface area contributed by atoms with E-state index in [2.05, 4.69) is 11.4 Å². The molecule has 21 heavy (non-hydrogen) atoms. The zero-order valence-electron chi connectivity index (χ0n) is 11.9. The number of para-hydroxylation sites is 1. The minimum absolute atomic E-state index is 0.628. The third-order valence-electron chi connectivity index (χ3n) is 3.43. The number of furan rings is 1. The second kappa shape index (κ2) is 5.80. The molecule has 0 spiro atoms. The highest BCUT2D eigenvalue weighted by Crippen LogP contribution is 2.33. The molecule has 0 aliphatic rings. The quantitative estimate of drug-likeness (QED) is 0.771. The Labute approximate surface area is 128 Å². The molecular formula is C17H16ClNO2. The Morgan fingerprint density at radius 2 is 2.05 bits per heavy atom. The van der Waals surface area contributed by atoms with E-state index in [-0.39, 0.29) is 0 Å². The number of benzene rings is 2. The van der Waals surface area contributed by atoms with E-state index in [9.17, 15) is 0 Å². The molecule has 1 heterocycles. The molecule has 3 rings (SSSR count). The van der Waals surface area contributed by atoms with Crippen LogP contribution in [0.1, 0.15) is 5.56 Å². The van der Waals surface area contributed by atoms with Crippen molar-refractivity contribution in [2.24, 2.45) is 0 Å². The number of ether oxygens (including phenoxy) is 1. The summed E-state index contributed by atoms with van der Waals surface area (Å²) in [5, 5.41) is 4.77. The second-order valence-electron chi connectivity index (χ2n) is 4.83. The lowest BCUT2D eigenvalue weighted by molar-refractivity contribution is 0.408. The van der Waals surface area contributed by atoms with E-state index in [4.69, 9.17) is 20.8 Å². The molecule has 0 aliphatic carbocycles. The number of fused-ring (bicyclic) bond motifs is 1. The lowest BCUT2D eigenvalue weighted by atomic mass is 10.1. The largest absolute Gasteiger partial charge is 0.496 e. The third kappa shape index (κ3) is 2.62. The van der Waals surface area contributed by atoms with E-state index in [0.717, 1.165) is 40.2 Å². The Bertz CT molecular complexity index is 780. The molecule has 0 saturated heterocycles. The molecule has 0 saturated carbocycles. The van der Waals surface area contributed by atoms with Crippen molar-refractivity contribution in [1.29, 1.82) is 0 Å². The molecule has 1 aromatic heterocycles. The highest BCUT2D eigenvalue weighted by molar-refractivity contribution is 6.34. The van der Waals surface area contributed by atoms with Crippen molar-refractivity contribution in [2.75, 3.05) is 14.2 Å². The minimum atomic E-state index is 0.628. The van der Waals surface area contributed by atoms with Gasteiger partial charge in [-0.25, -0.2) is 0 Å². The number of nitrogens with one attached hydrogen (secondary N) is 1. The van der Waals surface area contributed by atoms with Crippen LogP contribution >= 0.6 is 11.6 Å². The van der Waals surface area contributed by atoms with Gasteiger partial charge in [-0.2, -0.15) is 0 Å². The van der Waals surface area contributed by atoms with Crippen LogP contribution in [0.5, 0.6) is 5.75 Å². The topological polar surface area (TPSA) is 34.4 Å². The van der Waals surface area contributed by atoms with Crippen molar-refractivity contribution in [3.8, 4) is 17.1 Å². The van der Waals surface area contributed by atoms with Gasteiger partial charge in [-0.3, -0.25) is 0 Å². The number of rotatable bonds is 4. The number of methoxy groups -OCH3 is 1. The van der Waals surface area contributed by atoms with Crippen LogP contribution in [0.15, 0.2) is 46.9 Å². The van der Waals surface area contributed by atoms with Crippen molar-refractivity contribution in [1.82, 2.24) is 5.32 Å². The van der Waals surface area contributed by atoms with Crippen LogP contribution in [-0.2, 0) is 6.54 Å². The summed E-state index contributed by atoms with van der Waals surface area (Å²) in [5.41, 5.74) is 2.82.